The number of aliphatic carboxylic acids is 1. The second-order valence-electron chi connectivity index (χ2n) is 5.55. The number of carbonyl (C=O) groups is 2. The van der Waals surface area contributed by atoms with Crippen molar-refractivity contribution in [2.45, 2.75) is 32.2 Å². The summed E-state index contributed by atoms with van der Waals surface area (Å²) in [7, 11) is 0. The number of likely N-dealkylation sites (tertiary alicyclic amines) is 1. The molecule has 1 aromatic heterocycles. The molecule has 1 aromatic carbocycles. The molecule has 0 bridgehead atoms. The quantitative estimate of drug-likeness (QED) is 0.922. The molecule has 1 saturated heterocycles. The van der Waals surface area contributed by atoms with Crippen LogP contribution in [0.1, 0.15) is 34.5 Å². The number of rotatable bonds is 2. The number of fused-ring (bicyclic) bond motifs is 1. The molecule has 0 radical (unpaired) electrons. The van der Waals surface area contributed by atoms with Crippen LogP contribution in [0, 0.1) is 12.7 Å². The standard InChI is InChI=1S/C16H16FNO3S/c1-9-11-6-5-10(17)8-13(11)22-14(9)15(19)18-7-3-2-4-12(18)16(20)21/h5-6,8,12H,2-4,7H2,1H3,(H,20,21)/t12-/m1/s1. The molecular formula is C16H16FNO3S. The van der Waals surface area contributed by atoms with Gasteiger partial charge in [-0.3, -0.25) is 4.79 Å². The summed E-state index contributed by atoms with van der Waals surface area (Å²) >= 11 is 1.23. The minimum absolute atomic E-state index is 0.258. The van der Waals surface area contributed by atoms with Crippen molar-refractivity contribution < 1.29 is 19.1 Å². The number of carboxylic acid groups (broad SMARTS) is 1. The highest BCUT2D eigenvalue weighted by Gasteiger charge is 2.33. The Kier molecular flexibility index (Phi) is 3.87. The number of amides is 1. The van der Waals surface area contributed by atoms with Crippen molar-refractivity contribution >= 4 is 33.3 Å². The first kappa shape index (κ1) is 15.0. The van der Waals surface area contributed by atoms with Crippen LogP contribution in [0.3, 0.4) is 0 Å². The topological polar surface area (TPSA) is 57.6 Å². The first-order valence-corrected chi connectivity index (χ1v) is 8.03. The highest BCUT2D eigenvalue weighted by atomic mass is 32.1. The smallest absolute Gasteiger partial charge is 0.326 e. The largest absolute Gasteiger partial charge is 0.480 e. The lowest BCUT2D eigenvalue weighted by molar-refractivity contribution is -0.143. The van der Waals surface area contributed by atoms with Gasteiger partial charge in [0.15, 0.2) is 0 Å². The Hall–Kier alpha value is -1.95. The number of halogens is 1. The molecule has 6 heteroatoms. The van der Waals surface area contributed by atoms with E-state index in [1.807, 2.05) is 6.92 Å². The van der Waals surface area contributed by atoms with Crippen LogP contribution < -0.4 is 0 Å². The van der Waals surface area contributed by atoms with E-state index in [0.717, 1.165) is 23.8 Å². The maximum absolute atomic E-state index is 13.3. The van der Waals surface area contributed by atoms with Crippen molar-refractivity contribution in [3.63, 3.8) is 0 Å². The molecule has 116 valence electrons. The molecule has 1 amide bonds. The van der Waals surface area contributed by atoms with E-state index in [4.69, 9.17) is 0 Å². The Balaban J connectivity index is 2.00. The molecule has 0 saturated carbocycles. The lowest BCUT2D eigenvalue weighted by Crippen LogP contribution is -2.47. The number of nitrogens with zero attached hydrogens (tertiary/aromatic N) is 1. The van der Waals surface area contributed by atoms with Crippen molar-refractivity contribution in [1.29, 1.82) is 0 Å². The average Bonchev–Trinajstić information content (AvgIpc) is 2.82. The zero-order chi connectivity index (χ0) is 15.9. The molecule has 2 heterocycles. The Morgan fingerprint density at radius 3 is 2.86 bits per heavy atom. The minimum atomic E-state index is -0.960. The lowest BCUT2D eigenvalue weighted by atomic mass is 10.0. The third-order valence-electron chi connectivity index (χ3n) is 4.14. The SMILES string of the molecule is Cc1c(C(=O)N2CCCC[C@@H]2C(=O)O)sc2cc(F)ccc12. The molecule has 0 unspecified atom stereocenters. The fraction of sp³-hybridized carbons (Fsp3) is 0.375. The Morgan fingerprint density at radius 1 is 1.36 bits per heavy atom. The number of thiophene rings is 1. The third kappa shape index (κ3) is 2.47. The second kappa shape index (κ2) is 5.68. The maximum Gasteiger partial charge on any atom is 0.326 e. The van der Waals surface area contributed by atoms with Crippen LogP contribution in [0.25, 0.3) is 10.1 Å². The van der Waals surface area contributed by atoms with Gasteiger partial charge in [-0.2, -0.15) is 0 Å². The van der Waals surface area contributed by atoms with E-state index < -0.39 is 12.0 Å². The van der Waals surface area contributed by atoms with Gasteiger partial charge in [0.05, 0.1) is 4.88 Å². The molecule has 1 fully saturated rings. The van der Waals surface area contributed by atoms with Crippen molar-refractivity contribution in [2.24, 2.45) is 0 Å². The Morgan fingerprint density at radius 2 is 2.14 bits per heavy atom. The molecule has 0 spiro atoms. The summed E-state index contributed by atoms with van der Waals surface area (Å²) in [6, 6.07) is 3.69. The Labute approximate surface area is 131 Å². The minimum Gasteiger partial charge on any atom is -0.480 e. The molecule has 0 aliphatic carbocycles. The van der Waals surface area contributed by atoms with E-state index in [-0.39, 0.29) is 11.7 Å². The molecular weight excluding hydrogens is 305 g/mol. The summed E-state index contributed by atoms with van der Waals surface area (Å²) in [4.78, 5) is 26.1. The fourth-order valence-electron chi connectivity index (χ4n) is 2.97. The first-order chi connectivity index (χ1) is 10.5. The van der Waals surface area contributed by atoms with Gasteiger partial charge in [-0.1, -0.05) is 6.07 Å². The van der Waals surface area contributed by atoms with Gasteiger partial charge in [0.1, 0.15) is 11.9 Å². The van der Waals surface area contributed by atoms with Crippen LogP contribution in [0.2, 0.25) is 0 Å². The highest BCUT2D eigenvalue weighted by molar-refractivity contribution is 7.21. The molecule has 2 aromatic rings. The zero-order valence-corrected chi connectivity index (χ0v) is 13.0. The normalized spacial score (nSPS) is 18.6. The number of hydrogen-bond acceptors (Lipinski definition) is 3. The molecule has 4 nitrogen and oxygen atoms in total. The van der Waals surface area contributed by atoms with Gasteiger partial charge in [0, 0.05) is 11.2 Å². The fourth-order valence-corrected chi connectivity index (χ4v) is 4.16. The molecule has 3 rings (SSSR count). The van der Waals surface area contributed by atoms with E-state index in [0.29, 0.717) is 22.5 Å². The summed E-state index contributed by atoms with van der Waals surface area (Å²) in [5.74, 6) is -1.56. The highest BCUT2D eigenvalue weighted by Crippen LogP contribution is 2.33. The van der Waals surface area contributed by atoms with E-state index >= 15 is 0 Å². The molecule has 1 N–H and O–H groups in total. The predicted molar refractivity (Wildman–Crippen MR) is 82.8 cm³/mol. The number of piperidine rings is 1. The summed E-state index contributed by atoms with van der Waals surface area (Å²) < 4.78 is 14.0. The lowest BCUT2D eigenvalue weighted by Gasteiger charge is -2.32. The zero-order valence-electron chi connectivity index (χ0n) is 12.1. The van der Waals surface area contributed by atoms with Gasteiger partial charge in [0.25, 0.3) is 5.91 Å². The second-order valence-corrected chi connectivity index (χ2v) is 6.60. The van der Waals surface area contributed by atoms with Crippen LogP contribution in [0.5, 0.6) is 0 Å². The monoisotopic (exact) mass is 321 g/mol. The van der Waals surface area contributed by atoms with Crippen molar-refractivity contribution in [3.05, 3.63) is 34.5 Å². The predicted octanol–water partition coefficient (Wildman–Crippen LogP) is 3.43. The number of hydrogen-bond donors (Lipinski definition) is 1. The molecule has 1 aliphatic heterocycles. The van der Waals surface area contributed by atoms with Crippen LogP contribution >= 0.6 is 11.3 Å². The van der Waals surface area contributed by atoms with Crippen LogP contribution in [-0.4, -0.2) is 34.5 Å². The van der Waals surface area contributed by atoms with Crippen molar-refractivity contribution in [2.75, 3.05) is 6.54 Å². The van der Waals surface area contributed by atoms with Gasteiger partial charge < -0.3 is 10.0 Å². The average molecular weight is 321 g/mol. The van der Waals surface area contributed by atoms with E-state index in [1.54, 1.807) is 6.07 Å². The van der Waals surface area contributed by atoms with Gasteiger partial charge in [-0.15, -0.1) is 11.3 Å². The van der Waals surface area contributed by atoms with Crippen LogP contribution in [0.4, 0.5) is 4.39 Å². The maximum atomic E-state index is 13.3. The first-order valence-electron chi connectivity index (χ1n) is 7.21. The Bertz CT molecular complexity index is 755. The van der Waals surface area contributed by atoms with E-state index in [9.17, 15) is 19.1 Å². The van der Waals surface area contributed by atoms with E-state index in [2.05, 4.69) is 0 Å². The number of carboxylic acids is 1. The summed E-state index contributed by atoms with van der Waals surface area (Å²) in [5, 5.41) is 10.2. The third-order valence-corrected chi connectivity index (χ3v) is 5.39. The number of aryl methyl sites for hydroxylation is 1. The van der Waals surface area contributed by atoms with Crippen LogP contribution in [-0.2, 0) is 4.79 Å². The van der Waals surface area contributed by atoms with Gasteiger partial charge in [-0.25, -0.2) is 9.18 Å². The molecule has 1 atom stereocenters. The van der Waals surface area contributed by atoms with Gasteiger partial charge in [0.2, 0.25) is 0 Å². The van der Waals surface area contributed by atoms with Crippen LogP contribution in [0.15, 0.2) is 18.2 Å². The van der Waals surface area contributed by atoms with Crippen molar-refractivity contribution in [3.8, 4) is 0 Å². The summed E-state index contributed by atoms with van der Waals surface area (Å²) in [6.07, 6.45) is 2.12. The van der Waals surface area contributed by atoms with E-state index in [1.165, 1.54) is 28.4 Å². The number of carbonyl (C=O) groups excluding carboxylic acids is 1. The molecule has 1 aliphatic rings. The number of benzene rings is 1. The van der Waals surface area contributed by atoms with Gasteiger partial charge in [-0.05, 0) is 49.3 Å². The molecule has 22 heavy (non-hydrogen) atoms. The summed E-state index contributed by atoms with van der Waals surface area (Å²) in [6.45, 7) is 2.28. The van der Waals surface area contributed by atoms with Crippen molar-refractivity contribution in [1.82, 2.24) is 4.90 Å². The van der Waals surface area contributed by atoms with Gasteiger partial charge >= 0.3 is 5.97 Å². The summed E-state index contributed by atoms with van der Waals surface area (Å²) in [5.41, 5.74) is 0.791.